The molecule has 1 saturated carbocycles. The average Bonchev–Trinajstić information content (AvgIpc) is 2.55. The molecule has 2 rings (SSSR count). The van der Waals surface area contributed by atoms with Crippen LogP contribution >= 0.6 is 0 Å². The molecule has 0 aromatic heterocycles. The third kappa shape index (κ3) is 4.71. The number of rotatable bonds is 7. The first-order valence-corrected chi connectivity index (χ1v) is 9.64. The molecule has 0 amide bonds. The molecule has 2 fully saturated rings. The molecule has 1 aliphatic carbocycles. The minimum absolute atomic E-state index is 0.0371. The maximum Gasteiger partial charge on any atom is 0.306 e. The largest absolute Gasteiger partial charge is 0.459 e. The number of hydrogen-bond acceptors (Lipinski definition) is 3. The minimum atomic E-state index is -0.143. The van der Waals surface area contributed by atoms with Crippen LogP contribution in [0.15, 0.2) is 0 Å². The minimum Gasteiger partial charge on any atom is -0.459 e. The van der Waals surface area contributed by atoms with Gasteiger partial charge in [0.1, 0.15) is 5.60 Å². The molecule has 0 bridgehead atoms. The third-order valence-electron chi connectivity index (χ3n) is 5.65. The summed E-state index contributed by atoms with van der Waals surface area (Å²) in [6.45, 7) is 7.73. The lowest BCUT2D eigenvalue weighted by molar-refractivity contribution is -0.176. The van der Waals surface area contributed by atoms with Gasteiger partial charge in [-0.25, -0.2) is 0 Å². The second-order valence-corrected chi connectivity index (χ2v) is 7.32. The number of carbonyl (C=O) groups is 1. The molecule has 0 aromatic rings. The summed E-state index contributed by atoms with van der Waals surface area (Å²) in [6.07, 6.45) is 12.6. The molecule has 0 N–H and O–H groups in total. The summed E-state index contributed by atoms with van der Waals surface area (Å²) >= 11 is 0. The van der Waals surface area contributed by atoms with Crippen LogP contribution < -0.4 is 0 Å². The maximum atomic E-state index is 12.2. The van der Waals surface area contributed by atoms with Gasteiger partial charge in [0.2, 0.25) is 0 Å². The van der Waals surface area contributed by atoms with Gasteiger partial charge < -0.3 is 9.64 Å². The first-order chi connectivity index (χ1) is 10.7. The van der Waals surface area contributed by atoms with Crippen molar-refractivity contribution in [3.8, 4) is 0 Å². The van der Waals surface area contributed by atoms with E-state index in [9.17, 15) is 4.79 Å². The van der Waals surface area contributed by atoms with Gasteiger partial charge in [-0.1, -0.05) is 39.5 Å². The van der Waals surface area contributed by atoms with Crippen LogP contribution in [0.25, 0.3) is 0 Å². The van der Waals surface area contributed by atoms with Crippen molar-refractivity contribution in [1.29, 1.82) is 0 Å². The number of esters is 1. The van der Waals surface area contributed by atoms with Gasteiger partial charge in [0.25, 0.3) is 0 Å². The van der Waals surface area contributed by atoms with Crippen molar-refractivity contribution in [1.82, 2.24) is 4.90 Å². The Morgan fingerprint density at radius 2 is 1.77 bits per heavy atom. The van der Waals surface area contributed by atoms with E-state index in [-0.39, 0.29) is 11.6 Å². The topological polar surface area (TPSA) is 29.5 Å². The molecule has 0 unspecified atom stereocenters. The van der Waals surface area contributed by atoms with Crippen molar-refractivity contribution in [3.05, 3.63) is 0 Å². The molecule has 3 heteroatoms. The van der Waals surface area contributed by atoms with Crippen LogP contribution in [0.2, 0.25) is 0 Å². The molecule has 1 saturated heterocycles. The summed E-state index contributed by atoms with van der Waals surface area (Å²) in [5.41, 5.74) is -0.143. The summed E-state index contributed by atoms with van der Waals surface area (Å²) < 4.78 is 6.15. The Bertz CT molecular complexity index is 328. The van der Waals surface area contributed by atoms with E-state index < -0.39 is 0 Å². The predicted molar refractivity (Wildman–Crippen MR) is 90.9 cm³/mol. The molecular weight excluding hydrogens is 274 g/mol. The Hall–Kier alpha value is -0.570. The number of likely N-dealkylation sites (tertiary alicyclic amines) is 1. The van der Waals surface area contributed by atoms with E-state index in [1.807, 2.05) is 0 Å². The second-order valence-electron chi connectivity index (χ2n) is 7.32. The number of hydrogen-bond donors (Lipinski definition) is 0. The summed E-state index contributed by atoms with van der Waals surface area (Å²) in [5, 5.41) is 0. The Balaban J connectivity index is 1.98. The zero-order valence-electron chi connectivity index (χ0n) is 14.7. The molecule has 128 valence electrons. The Morgan fingerprint density at radius 1 is 1.09 bits per heavy atom. The van der Waals surface area contributed by atoms with Gasteiger partial charge >= 0.3 is 5.97 Å². The molecule has 1 heterocycles. The number of carbonyl (C=O) groups excluding carboxylic acids is 1. The molecule has 0 radical (unpaired) electrons. The van der Waals surface area contributed by atoms with E-state index in [4.69, 9.17) is 4.74 Å². The van der Waals surface area contributed by atoms with E-state index in [0.717, 1.165) is 32.4 Å². The van der Waals surface area contributed by atoms with Crippen LogP contribution in [0, 0.1) is 5.92 Å². The molecule has 22 heavy (non-hydrogen) atoms. The van der Waals surface area contributed by atoms with Crippen molar-refractivity contribution in [2.45, 2.75) is 90.1 Å². The van der Waals surface area contributed by atoms with Crippen molar-refractivity contribution in [3.63, 3.8) is 0 Å². The molecule has 0 aromatic carbocycles. The standard InChI is InChI=1S/C19H35NO2/c1-3-5-14-20-15-12-19(13-16-20,22-18(21)9-4-2)17-10-7-6-8-11-17/h17H,3-16H2,1-2H3. The highest BCUT2D eigenvalue weighted by molar-refractivity contribution is 5.69. The molecule has 0 atom stereocenters. The van der Waals surface area contributed by atoms with Crippen molar-refractivity contribution in [2.75, 3.05) is 19.6 Å². The Labute approximate surface area is 136 Å². The van der Waals surface area contributed by atoms with Crippen LogP contribution in [-0.2, 0) is 9.53 Å². The molecule has 2 aliphatic rings. The van der Waals surface area contributed by atoms with E-state index in [1.54, 1.807) is 0 Å². The highest BCUT2D eigenvalue weighted by atomic mass is 16.6. The summed E-state index contributed by atoms with van der Waals surface area (Å²) in [6, 6.07) is 0. The SMILES string of the molecule is CCCCN1CCC(OC(=O)CCC)(C2CCCCC2)CC1. The van der Waals surface area contributed by atoms with Crippen LogP contribution in [0.5, 0.6) is 0 Å². The smallest absolute Gasteiger partial charge is 0.306 e. The molecule has 0 spiro atoms. The molecular formula is C19H35NO2. The van der Waals surface area contributed by atoms with Gasteiger partial charge in [0, 0.05) is 32.4 Å². The van der Waals surface area contributed by atoms with Crippen LogP contribution in [0.4, 0.5) is 0 Å². The first-order valence-electron chi connectivity index (χ1n) is 9.64. The Kier molecular flexibility index (Phi) is 7.20. The predicted octanol–water partition coefficient (Wildman–Crippen LogP) is 4.54. The molecule has 3 nitrogen and oxygen atoms in total. The van der Waals surface area contributed by atoms with Gasteiger partial charge in [-0.05, 0) is 38.1 Å². The van der Waals surface area contributed by atoms with E-state index in [1.165, 1.54) is 51.5 Å². The summed E-state index contributed by atoms with van der Waals surface area (Å²) in [5.74, 6) is 0.644. The highest BCUT2D eigenvalue weighted by Gasteiger charge is 2.44. The van der Waals surface area contributed by atoms with Gasteiger partial charge in [-0.3, -0.25) is 4.79 Å². The van der Waals surface area contributed by atoms with Gasteiger partial charge in [0.15, 0.2) is 0 Å². The van der Waals surface area contributed by atoms with Crippen molar-refractivity contribution >= 4 is 5.97 Å². The van der Waals surface area contributed by atoms with E-state index in [0.29, 0.717) is 12.3 Å². The zero-order chi connectivity index (χ0) is 15.8. The average molecular weight is 309 g/mol. The summed E-state index contributed by atoms with van der Waals surface area (Å²) in [4.78, 5) is 14.7. The number of unbranched alkanes of at least 4 members (excludes halogenated alkanes) is 1. The Morgan fingerprint density at radius 3 is 2.36 bits per heavy atom. The number of nitrogens with zero attached hydrogens (tertiary/aromatic N) is 1. The van der Waals surface area contributed by atoms with Crippen LogP contribution in [0.3, 0.4) is 0 Å². The normalized spacial score (nSPS) is 23.4. The van der Waals surface area contributed by atoms with E-state index >= 15 is 0 Å². The van der Waals surface area contributed by atoms with Gasteiger partial charge in [-0.2, -0.15) is 0 Å². The number of piperidine rings is 1. The lowest BCUT2D eigenvalue weighted by Crippen LogP contribution is -2.52. The fourth-order valence-corrected chi connectivity index (χ4v) is 4.24. The van der Waals surface area contributed by atoms with Crippen LogP contribution in [-0.4, -0.2) is 36.1 Å². The molecule has 1 aliphatic heterocycles. The second kappa shape index (κ2) is 8.90. The lowest BCUT2D eigenvalue weighted by Gasteiger charge is -2.47. The van der Waals surface area contributed by atoms with Crippen molar-refractivity contribution in [2.24, 2.45) is 5.92 Å². The number of ether oxygens (including phenoxy) is 1. The van der Waals surface area contributed by atoms with Crippen molar-refractivity contribution < 1.29 is 9.53 Å². The van der Waals surface area contributed by atoms with Crippen LogP contribution in [0.1, 0.15) is 84.5 Å². The maximum absolute atomic E-state index is 12.2. The van der Waals surface area contributed by atoms with E-state index in [2.05, 4.69) is 18.7 Å². The van der Waals surface area contributed by atoms with Gasteiger partial charge in [-0.15, -0.1) is 0 Å². The third-order valence-corrected chi connectivity index (χ3v) is 5.65. The fourth-order valence-electron chi connectivity index (χ4n) is 4.24. The monoisotopic (exact) mass is 309 g/mol. The summed E-state index contributed by atoms with van der Waals surface area (Å²) in [7, 11) is 0. The zero-order valence-corrected chi connectivity index (χ0v) is 14.7. The fraction of sp³-hybridized carbons (Fsp3) is 0.947. The first kappa shape index (κ1) is 17.8. The quantitative estimate of drug-likeness (QED) is 0.646. The lowest BCUT2D eigenvalue weighted by atomic mass is 9.72. The highest BCUT2D eigenvalue weighted by Crippen LogP contribution is 2.42. The van der Waals surface area contributed by atoms with Gasteiger partial charge in [0.05, 0.1) is 0 Å².